The second-order valence-corrected chi connectivity index (χ2v) is 10.4. The minimum absolute atomic E-state index is 0.456. The monoisotopic (exact) mass is 527 g/mol. The van der Waals surface area contributed by atoms with Gasteiger partial charge in [0.05, 0.1) is 18.7 Å². The van der Waals surface area contributed by atoms with E-state index in [1.807, 2.05) is 80.8 Å². The van der Waals surface area contributed by atoms with E-state index in [1.165, 1.54) is 0 Å². The molecule has 0 aliphatic heterocycles. The van der Waals surface area contributed by atoms with Gasteiger partial charge in [-0.15, -0.1) is 0 Å². The number of nitrogens with zero attached hydrogens (tertiary/aromatic N) is 3. The van der Waals surface area contributed by atoms with Gasteiger partial charge in [0.25, 0.3) is 0 Å². The Labute approximate surface area is 235 Å². The van der Waals surface area contributed by atoms with Crippen molar-refractivity contribution in [1.29, 1.82) is 5.26 Å². The highest BCUT2D eigenvalue weighted by Gasteiger charge is 2.43. The van der Waals surface area contributed by atoms with Crippen molar-refractivity contribution < 1.29 is 9.84 Å². The molecule has 0 bridgehead atoms. The van der Waals surface area contributed by atoms with E-state index < -0.39 is 11.5 Å². The highest BCUT2D eigenvalue weighted by atomic mass is 16.5. The van der Waals surface area contributed by atoms with E-state index >= 15 is 0 Å². The number of ether oxygens (including phenoxy) is 1. The molecule has 0 radical (unpaired) electrons. The maximum atomic E-state index is 13.1. The molecule has 0 aliphatic carbocycles. The van der Waals surface area contributed by atoms with E-state index in [0.717, 1.165) is 38.6 Å². The summed E-state index contributed by atoms with van der Waals surface area (Å²) >= 11 is 0. The van der Waals surface area contributed by atoms with Crippen LogP contribution in [0.3, 0.4) is 0 Å². The molecule has 5 rings (SSSR count). The first-order valence-corrected chi connectivity index (χ1v) is 13.4. The normalized spacial score (nSPS) is 13.5. The molecule has 0 aliphatic rings. The van der Waals surface area contributed by atoms with Gasteiger partial charge in [0.2, 0.25) is 5.88 Å². The summed E-state index contributed by atoms with van der Waals surface area (Å²) in [5.41, 5.74) is 3.59. The Hall–Kier alpha value is -4.50. The van der Waals surface area contributed by atoms with Gasteiger partial charge >= 0.3 is 0 Å². The number of hydrogen-bond donors (Lipinski definition) is 1. The molecule has 1 heterocycles. The lowest BCUT2D eigenvalue weighted by Gasteiger charge is -2.39. The predicted molar refractivity (Wildman–Crippen MR) is 160 cm³/mol. The van der Waals surface area contributed by atoms with E-state index in [1.54, 1.807) is 19.4 Å². The summed E-state index contributed by atoms with van der Waals surface area (Å²) in [7, 11) is 5.65. The fourth-order valence-corrected chi connectivity index (χ4v) is 5.56. The van der Waals surface area contributed by atoms with Crippen LogP contribution in [0.25, 0.3) is 21.9 Å². The number of pyridine rings is 1. The predicted octanol–water partition coefficient (Wildman–Crippen LogP) is 6.75. The van der Waals surface area contributed by atoms with Crippen LogP contribution in [0.15, 0.2) is 109 Å². The molecular weight excluding hydrogens is 494 g/mol. The number of benzene rings is 4. The molecular formula is C35H33N3O2. The van der Waals surface area contributed by atoms with Gasteiger partial charge in [-0.3, -0.25) is 0 Å². The Kier molecular flexibility index (Phi) is 7.93. The average molecular weight is 528 g/mol. The van der Waals surface area contributed by atoms with Crippen molar-refractivity contribution in [3.05, 3.63) is 132 Å². The summed E-state index contributed by atoms with van der Waals surface area (Å²) < 4.78 is 5.84. The Bertz CT molecular complexity index is 1650. The molecule has 4 aromatic carbocycles. The lowest BCUT2D eigenvalue weighted by molar-refractivity contribution is 0.00517. The Morgan fingerprint density at radius 1 is 0.900 bits per heavy atom. The van der Waals surface area contributed by atoms with Crippen LogP contribution < -0.4 is 4.74 Å². The van der Waals surface area contributed by atoms with Crippen LogP contribution in [0.2, 0.25) is 0 Å². The third-order valence-electron chi connectivity index (χ3n) is 7.51. The van der Waals surface area contributed by atoms with Crippen molar-refractivity contribution in [1.82, 2.24) is 9.88 Å². The summed E-state index contributed by atoms with van der Waals surface area (Å²) in [5.74, 6) is -0.0430. The summed E-state index contributed by atoms with van der Waals surface area (Å²) in [5, 5.41) is 24.7. The number of methoxy groups -OCH3 is 1. The van der Waals surface area contributed by atoms with Crippen molar-refractivity contribution in [2.45, 2.75) is 17.9 Å². The number of nitriles is 1. The lowest BCUT2D eigenvalue weighted by atomic mass is 9.70. The third kappa shape index (κ3) is 5.33. The molecule has 1 N–H and O–H groups in total. The fraction of sp³-hybridized carbons (Fsp3) is 0.200. The number of fused-ring (bicyclic) bond motifs is 1. The van der Waals surface area contributed by atoms with E-state index in [-0.39, 0.29) is 0 Å². The molecule has 1 aromatic heterocycles. The van der Waals surface area contributed by atoms with Crippen molar-refractivity contribution in [2.75, 3.05) is 27.7 Å². The average Bonchev–Trinajstić information content (AvgIpc) is 3.00. The minimum Gasteiger partial charge on any atom is -0.481 e. The van der Waals surface area contributed by atoms with Crippen molar-refractivity contribution in [3.8, 4) is 23.1 Å². The Balaban J connectivity index is 1.80. The molecule has 2 unspecified atom stereocenters. The van der Waals surface area contributed by atoms with Gasteiger partial charge < -0.3 is 14.7 Å². The van der Waals surface area contributed by atoms with E-state index in [0.29, 0.717) is 24.4 Å². The van der Waals surface area contributed by atoms with Gasteiger partial charge in [-0.1, -0.05) is 84.9 Å². The van der Waals surface area contributed by atoms with Crippen LogP contribution in [-0.4, -0.2) is 42.7 Å². The molecule has 40 heavy (non-hydrogen) atoms. The highest BCUT2D eigenvalue weighted by Crippen LogP contribution is 2.49. The maximum Gasteiger partial charge on any atom is 0.217 e. The van der Waals surface area contributed by atoms with Crippen molar-refractivity contribution >= 4 is 10.8 Å². The van der Waals surface area contributed by atoms with Crippen LogP contribution in [0, 0.1) is 11.3 Å². The van der Waals surface area contributed by atoms with E-state index in [9.17, 15) is 10.4 Å². The second kappa shape index (κ2) is 11.7. The SMILES string of the molecule is COc1ncc(-c2cccc(C#N)c2)cc1C(c1ccccc1)C(O)(CCN(C)C)c1cccc2ccccc12. The van der Waals surface area contributed by atoms with E-state index in [2.05, 4.69) is 41.3 Å². The van der Waals surface area contributed by atoms with Gasteiger partial charge in [0, 0.05) is 29.8 Å². The summed E-state index contributed by atoms with van der Waals surface area (Å²) in [6.45, 7) is 0.669. The molecule has 0 amide bonds. The van der Waals surface area contributed by atoms with Crippen LogP contribution in [-0.2, 0) is 5.60 Å². The van der Waals surface area contributed by atoms with Gasteiger partial charge in [0.15, 0.2) is 0 Å². The lowest BCUT2D eigenvalue weighted by Crippen LogP contribution is -2.38. The zero-order valence-corrected chi connectivity index (χ0v) is 23.1. The summed E-state index contributed by atoms with van der Waals surface area (Å²) in [6, 6.07) is 36.2. The van der Waals surface area contributed by atoms with Crippen LogP contribution in [0.5, 0.6) is 5.88 Å². The number of rotatable bonds is 9. The van der Waals surface area contributed by atoms with Gasteiger partial charge in [-0.2, -0.15) is 5.26 Å². The smallest absolute Gasteiger partial charge is 0.217 e. The zero-order valence-electron chi connectivity index (χ0n) is 23.1. The Morgan fingerprint density at radius 2 is 1.62 bits per heavy atom. The fourth-order valence-electron chi connectivity index (χ4n) is 5.56. The summed E-state index contributed by atoms with van der Waals surface area (Å²) in [4.78, 5) is 6.81. The minimum atomic E-state index is -1.31. The first-order valence-electron chi connectivity index (χ1n) is 13.4. The van der Waals surface area contributed by atoms with Gasteiger partial charge in [0.1, 0.15) is 5.60 Å². The largest absolute Gasteiger partial charge is 0.481 e. The first-order chi connectivity index (χ1) is 19.4. The molecule has 0 spiro atoms. The molecule has 5 heteroatoms. The van der Waals surface area contributed by atoms with E-state index in [4.69, 9.17) is 9.72 Å². The molecule has 0 saturated carbocycles. The standard InChI is InChI=1S/C35H33N3O2/c1-38(2)20-19-35(39,32-18-10-15-26-12-7-8-17-30(26)32)33(27-13-5-4-6-14-27)31-22-29(24-37-34(31)40-3)28-16-9-11-25(21-28)23-36/h4-18,21-22,24,33,39H,19-20H2,1-3H3. The first kappa shape index (κ1) is 27.1. The second-order valence-electron chi connectivity index (χ2n) is 10.4. The molecule has 5 nitrogen and oxygen atoms in total. The van der Waals surface area contributed by atoms with Crippen LogP contribution in [0.4, 0.5) is 0 Å². The molecule has 0 fully saturated rings. The van der Waals surface area contributed by atoms with Gasteiger partial charge in [-0.05, 0) is 66.2 Å². The molecule has 0 saturated heterocycles. The third-order valence-corrected chi connectivity index (χ3v) is 7.51. The van der Waals surface area contributed by atoms with Crippen molar-refractivity contribution in [3.63, 3.8) is 0 Å². The maximum absolute atomic E-state index is 13.1. The highest BCUT2D eigenvalue weighted by molar-refractivity contribution is 5.86. The molecule has 5 aromatic rings. The Morgan fingerprint density at radius 3 is 2.38 bits per heavy atom. The quantitative estimate of drug-likeness (QED) is 0.230. The van der Waals surface area contributed by atoms with Gasteiger partial charge in [-0.25, -0.2) is 4.98 Å². The summed E-state index contributed by atoms with van der Waals surface area (Å²) in [6.07, 6.45) is 2.24. The van der Waals surface area contributed by atoms with Crippen LogP contribution in [0.1, 0.15) is 34.6 Å². The molecule has 200 valence electrons. The number of aliphatic hydroxyl groups is 1. The topological polar surface area (TPSA) is 69.4 Å². The van der Waals surface area contributed by atoms with Crippen molar-refractivity contribution in [2.24, 2.45) is 0 Å². The number of hydrogen-bond acceptors (Lipinski definition) is 5. The zero-order chi connectivity index (χ0) is 28.1. The van der Waals surface area contributed by atoms with Crippen LogP contribution >= 0.6 is 0 Å². The number of aromatic nitrogens is 1. The molecule has 2 atom stereocenters.